The number of amides is 2. The molecule has 0 radical (unpaired) electrons. The lowest BCUT2D eigenvalue weighted by Crippen LogP contribution is -2.55. The molecule has 3 heterocycles. The summed E-state index contributed by atoms with van der Waals surface area (Å²) < 4.78 is 14.0. The molecule has 1 fully saturated rings. The maximum atomic E-state index is 13.3. The highest BCUT2D eigenvalue weighted by molar-refractivity contribution is 7.22. The van der Waals surface area contributed by atoms with Crippen molar-refractivity contribution in [3.63, 3.8) is 0 Å². The maximum absolute atomic E-state index is 13.3. The smallest absolute Gasteiger partial charge is 0.324 e. The largest absolute Gasteiger partial charge is 0.351 e. The van der Waals surface area contributed by atoms with E-state index >= 15 is 0 Å². The molecule has 1 aliphatic heterocycles. The number of fused-ring (bicyclic) bond motifs is 1. The molecule has 0 aliphatic carbocycles. The number of aryl methyl sites for hydroxylation is 1. The van der Waals surface area contributed by atoms with Crippen LogP contribution in [0.3, 0.4) is 0 Å². The van der Waals surface area contributed by atoms with E-state index in [0.29, 0.717) is 40.1 Å². The minimum absolute atomic E-state index is 0.0301. The molecule has 2 amide bonds. The van der Waals surface area contributed by atoms with Crippen molar-refractivity contribution >= 4 is 50.1 Å². The number of benzene rings is 1. The SMILES string of the molecule is Cc1cc(Cl)nnc1N1CCN(C(=O)Nc2nc3ccc(F)cc3s2)[C@H](C)C1. The van der Waals surface area contributed by atoms with Gasteiger partial charge in [-0.1, -0.05) is 22.9 Å². The zero-order valence-electron chi connectivity index (χ0n) is 15.3. The fourth-order valence-corrected chi connectivity index (χ4v) is 4.41. The number of urea groups is 1. The van der Waals surface area contributed by atoms with Crippen LogP contribution in [0.5, 0.6) is 0 Å². The predicted molar refractivity (Wildman–Crippen MR) is 109 cm³/mol. The second-order valence-corrected chi connectivity index (χ2v) is 8.14. The average Bonchev–Trinajstić information content (AvgIpc) is 3.02. The Hall–Kier alpha value is -2.52. The van der Waals surface area contributed by atoms with Crippen molar-refractivity contribution in [2.75, 3.05) is 29.9 Å². The average molecular weight is 421 g/mol. The molecule has 0 bridgehead atoms. The Bertz CT molecular complexity index is 1040. The van der Waals surface area contributed by atoms with Gasteiger partial charge in [-0.3, -0.25) is 5.32 Å². The van der Waals surface area contributed by atoms with Crippen LogP contribution in [0.2, 0.25) is 5.15 Å². The number of aromatic nitrogens is 3. The molecule has 0 saturated carbocycles. The van der Waals surface area contributed by atoms with Gasteiger partial charge in [0.15, 0.2) is 16.1 Å². The summed E-state index contributed by atoms with van der Waals surface area (Å²) in [6.45, 7) is 5.74. The van der Waals surface area contributed by atoms with Crippen LogP contribution >= 0.6 is 22.9 Å². The summed E-state index contributed by atoms with van der Waals surface area (Å²) in [6.07, 6.45) is 0. The number of hydrogen-bond donors (Lipinski definition) is 1. The van der Waals surface area contributed by atoms with Crippen molar-refractivity contribution in [2.45, 2.75) is 19.9 Å². The van der Waals surface area contributed by atoms with Gasteiger partial charge in [0.2, 0.25) is 0 Å². The molecule has 1 aromatic carbocycles. The Kier molecular flexibility index (Phi) is 5.03. The van der Waals surface area contributed by atoms with Crippen molar-refractivity contribution in [3.8, 4) is 0 Å². The molecular formula is C18H18ClFN6OS. The summed E-state index contributed by atoms with van der Waals surface area (Å²) in [6, 6.07) is 5.91. The number of piperazine rings is 1. The Balaban J connectivity index is 1.44. The Labute approximate surface area is 170 Å². The van der Waals surface area contributed by atoms with Crippen LogP contribution < -0.4 is 10.2 Å². The van der Waals surface area contributed by atoms with E-state index in [1.807, 2.05) is 13.8 Å². The number of carbonyl (C=O) groups excluding carboxylic acids is 1. The summed E-state index contributed by atoms with van der Waals surface area (Å²) in [5.74, 6) is 0.462. The normalized spacial score (nSPS) is 17.2. The van der Waals surface area contributed by atoms with Gasteiger partial charge in [0.1, 0.15) is 5.82 Å². The van der Waals surface area contributed by atoms with Crippen LogP contribution in [0.25, 0.3) is 10.2 Å². The van der Waals surface area contributed by atoms with Crippen molar-refractivity contribution in [3.05, 3.63) is 40.8 Å². The zero-order chi connectivity index (χ0) is 19.8. The topological polar surface area (TPSA) is 74.2 Å². The molecule has 0 spiro atoms. The highest BCUT2D eigenvalue weighted by atomic mass is 35.5. The number of carbonyl (C=O) groups is 1. The minimum atomic E-state index is -0.320. The molecule has 1 N–H and O–H groups in total. The third-order valence-electron chi connectivity index (χ3n) is 4.68. The monoisotopic (exact) mass is 420 g/mol. The molecule has 28 heavy (non-hydrogen) atoms. The highest BCUT2D eigenvalue weighted by Gasteiger charge is 2.29. The summed E-state index contributed by atoms with van der Waals surface area (Å²) in [7, 11) is 0. The van der Waals surface area contributed by atoms with E-state index in [1.165, 1.54) is 23.5 Å². The molecule has 3 aromatic rings. The van der Waals surface area contributed by atoms with Crippen molar-refractivity contribution < 1.29 is 9.18 Å². The standard InChI is InChI=1S/C18H18ClFN6OS/c1-10-7-15(19)23-24-16(10)25-5-6-26(11(2)9-25)18(27)22-17-21-13-4-3-12(20)8-14(13)28-17/h3-4,7-8,11H,5-6,9H2,1-2H3,(H,21,22,27)/t11-/m1/s1. The molecule has 1 aliphatic rings. The van der Waals surface area contributed by atoms with Gasteiger partial charge in [-0.25, -0.2) is 14.2 Å². The molecule has 1 saturated heterocycles. The van der Waals surface area contributed by atoms with Gasteiger partial charge in [-0.05, 0) is 43.7 Å². The number of hydrogen-bond acceptors (Lipinski definition) is 6. The van der Waals surface area contributed by atoms with Crippen LogP contribution in [0.15, 0.2) is 24.3 Å². The van der Waals surface area contributed by atoms with E-state index < -0.39 is 0 Å². The van der Waals surface area contributed by atoms with Crippen LogP contribution in [-0.4, -0.2) is 51.8 Å². The van der Waals surface area contributed by atoms with Gasteiger partial charge in [0, 0.05) is 25.7 Å². The van der Waals surface area contributed by atoms with Gasteiger partial charge < -0.3 is 9.80 Å². The fraction of sp³-hybridized carbons (Fsp3) is 0.333. The highest BCUT2D eigenvalue weighted by Crippen LogP contribution is 2.27. The summed E-state index contributed by atoms with van der Waals surface area (Å²) in [4.78, 5) is 20.9. The van der Waals surface area contributed by atoms with E-state index in [4.69, 9.17) is 11.6 Å². The third-order valence-corrected chi connectivity index (χ3v) is 5.80. The summed E-state index contributed by atoms with van der Waals surface area (Å²) in [5.41, 5.74) is 1.61. The van der Waals surface area contributed by atoms with Crippen LogP contribution in [0.1, 0.15) is 12.5 Å². The lowest BCUT2D eigenvalue weighted by Gasteiger charge is -2.40. The van der Waals surface area contributed by atoms with Gasteiger partial charge in [0.05, 0.1) is 10.2 Å². The number of thiazole rings is 1. The summed E-state index contributed by atoms with van der Waals surface area (Å²) in [5, 5.41) is 11.8. The van der Waals surface area contributed by atoms with Gasteiger partial charge in [-0.15, -0.1) is 10.2 Å². The van der Waals surface area contributed by atoms with Crippen molar-refractivity contribution in [2.24, 2.45) is 0 Å². The lowest BCUT2D eigenvalue weighted by atomic mass is 10.2. The first kappa shape index (κ1) is 18.8. The fourth-order valence-electron chi connectivity index (χ4n) is 3.33. The van der Waals surface area contributed by atoms with E-state index in [-0.39, 0.29) is 17.9 Å². The molecule has 2 aromatic heterocycles. The van der Waals surface area contributed by atoms with E-state index in [1.54, 1.807) is 17.0 Å². The van der Waals surface area contributed by atoms with E-state index in [9.17, 15) is 9.18 Å². The number of nitrogens with zero attached hydrogens (tertiary/aromatic N) is 5. The first-order valence-electron chi connectivity index (χ1n) is 8.79. The zero-order valence-corrected chi connectivity index (χ0v) is 16.9. The minimum Gasteiger partial charge on any atom is -0.351 e. The second kappa shape index (κ2) is 7.48. The first-order chi connectivity index (χ1) is 13.4. The number of nitrogens with one attached hydrogen (secondary N) is 1. The van der Waals surface area contributed by atoms with Gasteiger partial charge >= 0.3 is 6.03 Å². The van der Waals surface area contributed by atoms with Crippen molar-refractivity contribution in [1.29, 1.82) is 0 Å². The maximum Gasteiger partial charge on any atom is 0.324 e. The molecule has 1 atom stereocenters. The Morgan fingerprint density at radius 2 is 2.14 bits per heavy atom. The lowest BCUT2D eigenvalue weighted by molar-refractivity contribution is 0.184. The summed E-state index contributed by atoms with van der Waals surface area (Å²) >= 11 is 7.14. The molecule has 7 nitrogen and oxygen atoms in total. The van der Waals surface area contributed by atoms with E-state index in [2.05, 4.69) is 25.4 Å². The Morgan fingerprint density at radius 1 is 1.32 bits per heavy atom. The van der Waals surface area contributed by atoms with Crippen molar-refractivity contribution in [1.82, 2.24) is 20.1 Å². The number of anilines is 2. The molecule has 146 valence electrons. The van der Waals surface area contributed by atoms with E-state index in [0.717, 1.165) is 11.4 Å². The predicted octanol–water partition coefficient (Wildman–Crippen LogP) is 3.93. The quantitative estimate of drug-likeness (QED) is 0.679. The molecule has 4 rings (SSSR count). The molecule has 0 unspecified atom stereocenters. The number of rotatable bonds is 2. The first-order valence-corrected chi connectivity index (χ1v) is 9.98. The molecule has 10 heteroatoms. The van der Waals surface area contributed by atoms with Crippen LogP contribution in [0.4, 0.5) is 20.1 Å². The second-order valence-electron chi connectivity index (χ2n) is 6.72. The Morgan fingerprint density at radius 3 is 2.89 bits per heavy atom. The molecular weight excluding hydrogens is 403 g/mol. The van der Waals surface area contributed by atoms with Crippen LogP contribution in [-0.2, 0) is 0 Å². The third kappa shape index (κ3) is 3.72. The van der Waals surface area contributed by atoms with Crippen LogP contribution in [0, 0.1) is 12.7 Å². The van der Waals surface area contributed by atoms with Gasteiger partial charge in [-0.2, -0.15) is 0 Å². The van der Waals surface area contributed by atoms with Gasteiger partial charge in [0.25, 0.3) is 0 Å². The number of halogens is 2.